The van der Waals surface area contributed by atoms with Crippen LogP contribution in [0.3, 0.4) is 0 Å². The summed E-state index contributed by atoms with van der Waals surface area (Å²) < 4.78 is 0. The van der Waals surface area contributed by atoms with Gasteiger partial charge in [0.2, 0.25) is 5.91 Å². The molecule has 2 aromatic rings. The number of aryl methyl sites for hydroxylation is 1. The van der Waals surface area contributed by atoms with E-state index in [4.69, 9.17) is 0 Å². The molecule has 23 heavy (non-hydrogen) atoms. The van der Waals surface area contributed by atoms with Gasteiger partial charge in [0.25, 0.3) is 0 Å². The van der Waals surface area contributed by atoms with Crippen LogP contribution < -0.4 is 5.32 Å². The molecule has 0 aliphatic carbocycles. The minimum Gasteiger partial charge on any atom is -0.309 e. The molecule has 1 aromatic heterocycles. The van der Waals surface area contributed by atoms with Gasteiger partial charge in [-0.15, -0.1) is 0 Å². The van der Waals surface area contributed by atoms with E-state index in [0.29, 0.717) is 11.4 Å². The van der Waals surface area contributed by atoms with Crippen molar-refractivity contribution in [1.82, 2.24) is 10.2 Å². The first-order valence-corrected chi connectivity index (χ1v) is 7.91. The Labute approximate surface area is 136 Å². The van der Waals surface area contributed by atoms with Crippen molar-refractivity contribution in [2.75, 3.05) is 5.32 Å². The Morgan fingerprint density at radius 1 is 1.17 bits per heavy atom. The second-order valence-electron chi connectivity index (χ2n) is 5.98. The van der Waals surface area contributed by atoms with Gasteiger partial charge in [-0.25, -0.2) is 0 Å². The fourth-order valence-corrected chi connectivity index (χ4v) is 2.26. The molecule has 0 fully saturated rings. The van der Waals surface area contributed by atoms with Crippen molar-refractivity contribution >= 4 is 17.5 Å². The number of amides is 1. The maximum absolute atomic E-state index is 12.3. The number of nitrogens with one attached hydrogen (secondary N) is 2. The lowest BCUT2D eigenvalue weighted by atomic mass is 9.95. The van der Waals surface area contributed by atoms with Crippen LogP contribution >= 0.6 is 0 Å². The zero-order chi connectivity index (χ0) is 17.0. The van der Waals surface area contributed by atoms with Gasteiger partial charge >= 0.3 is 0 Å². The summed E-state index contributed by atoms with van der Waals surface area (Å²) in [5.41, 5.74) is 2.52. The van der Waals surface area contributed by atoms with Crippen molar-refractivity contribution in [2.45, 2.75) is 40.0 Å². The van der Waals surface area contributed by atoms with Crippen LogP contribution in [0.15, 0.2) is 30.3 Å². The normalized spacial score (nSPS) is 12.2. The fraction of sp³-hybridized carbons (Fsp3) is 0.389. The molecule has 0 aliphatic rings. The number of aromatic amines is 1. The number of nitrogens with zero attached hydrogens (tertiary/aromatic N) is 1. The first kappa shape index (κ1) is 16.9. The first-order chi connectivity index (χ1) is 10.9. The number of benzene rings is 1. The Morgan fingerprint density at radius 3 is 2.35 bits per heavy atom. The van der Waals surface area contributed by atoms with E-state index in [-0.39, 0.29) is 23.5 Å². The van der Waals surface area contributed by atoms with E-state index in [1.54, 1.807) is 12.1 Å². The van der Waals surface area contributed by atoms with Crippen molar-refractivity contribution in [1.29, 1.82) is 0 Å². The fourth-order valence-electron chi connectivity index (χ4n) is 2.26. The van der Waals surface area contributed by atoms with Crippen LogP contribution in [0.1, 0.15) is 55.2 Å². The minimum atomic E-state index is -0.319. The van der Waals surface area contributed by atoms with Gasteiger partial charge in [-0.05, 0) is 18.9 Å². The van der Waals surface area contributed by atoms with Gasteiger partial charge in [-0.3, -0.25) is 14.7 Å². The number of carbonyl (C=O) groups excluding carboxylic acids is 2. The molecule has 0 radical (unpaired) electrons. The average molecular weight is 313 g/mol. The molecule has 0 bridgehead atoms. The van der Waals surface area contributed by atoms with Crippen LogP contribution in [0.5, 0.6) is 0 Å². The number of aromatic nitrogens is 2. The molecule has 122 valence electrons. The van der Waals surface area contributed by atoms with Crippen LogP contribution in [-0.4, -0.2) is 21.9 Å². The molecule has 2 rings (SSSR count). The van der Waals surface area contributed by atoms with Crippen LogP contribution in [0, 0.1) is 5.92 Å². The zero-order valence-electron chi connectivity index (χ0n) is 14.0. The standard InChI is InChI=1S/C18H23N3O2/c1-5-15-10-16(21-20-15)19-18(23)12(4)13-6-8-14(9-7-13)17(22)11(2)3/h6-12H,5H2,1-4H3,(H2,19,20,21,23)/t12-/m0/s1. The number of hydrogen-bond donors (Lipinski definition) is 2. The van der Waals surface area contributed by atoms with E-state index in [9.17, 15) is 9.59 Å². The van der Waals surface area contributed by atoms with E-state index >= 15 is 0 Å². The van der Waals surface area contributed by atoms with Crippen LogP contribution in [-0.2, 0) is 11.2 Å². The number of Topliss-reactive ketones (excluding diaryl/α,β-unsaturated/α-hetero) is 1. The molecular formula is C18H23N3O2. The maximum atomic E-state index is 12.3. The highest BCUT2D eigenvalue weighted by atomic mass is 16.2. The van der Waals surface area contributed by atoms with Gasteiger partial charge in [0.15, 0.2) is 11.6 Å². The molecule has 0 unspecified atom stereocenters. The number of rotatable bonds is 6. The predicted octanol–water partition coefficient (Wildman–Crippen LogP) is 3.55. The first-order valence-electron chi connectivity index (χ1n) is 7.91. The van der Waals surface area contributed by atoms with E-state index in [1.807, 2.05) is 45.9 Å². The molecule has 5 nitrogen and oxygen atoms in total. The van der Waals surface area contributed by atoms with Crippen molar-refractivity contribution < 1.29 is 9.59 Å². The highest BCUT2D eigenvalue weighted by Crippen LogP contribution is 2.19. The lowest BCUT2D eigenvalue weighted by molar-refractivity contribution is -0.117. The van der Waals surface area contributed by atoms with E-state index in [1.165, 1.54) is 0 Å². The summed E-state index contributed by atoms with van der Waals surface area (Å²) in [5.74, 6) is 0.165. The summed E-state index contributed by atoms with van der Waals surface area (Å²) in [6, 6.07) is 9.06. The summed E-state index contributed by atoms with van der Waals surface area (Å²) in [5, 5.41) is 9.73. The second-order valence-corrected chi connectivity index (χ2v) is 5.98. The van der Waals surface area contributed by atoms with Gasteiger partial charge in [0.05, 0.1) is 5.92 Å². The summed E-state index contributed by atoms with van der Waals surface area (Å²) in [6.45, 7) is 7.60. The molecule has 0 spiro atoms. The predicted molar refractivity (Wildman–Crippen MR) is 90.6 cm³/mol. The minimum absolute atomic E-state index is 0.0333. The maximum Gasteiger partial charge on any atom is 0.232 e. The molecule has 0 saturated carbocycles. The molecule has 1 heterocycles. The lowest BCUT2D eigenvalue weighted by Crippen LogP contribution is -2.19. The molecule has 1 atom stereocenters. The monoisotopic (exact) mass is 313 g/mol. The van der Waals surface area contributed by atoms with Crippen molar-refractivity contribution in [2.24, 2.45) is 5.92 Å². The van der Waals surface area contributed by atoms with E-state index in [0.717, 1.165) is 17.7 Å². The second kappa shape index (κ2) is 7.22. The van der Waals surface area contributed by atoms with Gasteiger partial charge in [-0.2, -0.15) is 5.10 Å². The Bertz CT molecular complexity index is 687. The summed E-state index contributed by atoms with van der Waals surface area (Å²) >= 11 is 0. The molecule has 1 aromatic carbocycles. The summed E-state index contributed by atoms with van der Waals surface area (Å²) in [7, 11) is 0. The smallest absolute Gasteiger partial charge is 0.232 e. The third-order valence-corrected chi connectivity index (χ3v) is 3.88. The Balaban J connectivity index is 2.05. The number of ketones is 1. The van der Waals surface area contributed by atoms with Crippen LogP contribution in [0.25, 0.3) is 0 Å². The van der Waals surface area contributed by atoms with Crippen LogP contribution in [0.4, 0.5) is 5.82 Å². The largest absolute Gasteiger partial charge is 0.309 e. The van der Waals surface area contributed by atoms with Gasteiger partial charge in [0, 0.05) is 23.2 Å². The third kappa shape index (κ3) is 4.06. The summed E-state index contributed by atoms with van der Waals surface area (Å²) in [4.78, 5) is 24.2. The van der Waals surface area contributed by atoms with Crippen LogP contribution in [0.2, 0.25) is 0 Å². The molecule has 0 saturated heterocycles. The van der Waals surface area contributed by atoms with Crippen molar-refractivity contribution in [3.8, 4) is 0 Å². The quantitative estimate of drug-likeness (QED) is 0.801. The Hall–Kier alpha value is -2.43. The van der Waals surface area contributed by atoms with Crippen molar-refractivity contribution in [3.05, 3.63) is 47.2 Å². The Morgan fingerprint density at radius 2 is 1.83 bits per heavy atom. The number of carbonyl (C=O) groups is 2. The lowest BCUT2D eigenvalue weighted by Gasteiger charge is -2.12. The molecule has 2 N–H and O–H groups in total. The SMILES string of the molecule is CCc1cc(NC(=O)[C@@H](C)c2ccc(C(=O)C(C)C)cc2)n[nH]1. The average Bonchev–Trinajstić information content (AvgIpc) is 3.01. The van der Waals surface area contributed by atoms with E-state index < -0.39 is 0 Å². The number of H-pyrrole nitrogens is 1. The third-order valence-electron chi connectivity index (χ3n) is 3.88. The summed E-state index contributed by atoms with van der Waals surface area (Å²) in [6.07, 6.45) is 0.837. The van der Waals surface area contributed by atoms with Gasteiger partial charge < -0.3 is 5.32 Å². The van der Waals surface area contributed by atoms with Gasteiger partial charge in [0.1, 0.15) is 0 Å². The van der Waals surface area contributed by atoms with Gasteiger partial charge in [-0.1, -0.05) is 45.0 Å². The molecule has 5 heteroatoms. The molecule has 0 aliphatic heterocycles. The zero-order valence-corrected chi connectivity index (χ0v) is 14.0. The highest BCUT2D eigenvalue weighted by molar-refractivity contribution is 5.98. The Kier molecular flexibility index (Phi) is 5.32. The highest BCUT2D eigenvalue weighted by Gasteiger charge is 2.17. The molecule has 1 amide bonds. The molecular weight excluding hydrogens is 290 g/mol. The topological polar surface area (TPSA) is 74.8 Å². The van der Waals surface area contributed by atoms with E-state index in [2.05, 4.69) is 15.5 Å². The number of hydrogen-bond acceptors (Lipinski definition) is 3. The van der Waals surface area contributed by atoms with Crippen molar-refractivity contribution in [3.63, 3.8) is 0 Å². The number of anilines is 1.